The summed E-state index contributed by atoms with van der Waals surface area (Å²) in [5.74, 6) is 0. The normalized spacial score (nSPS) is 16.0. The Morgan fingerprint density at radius 2 is 2.00 bits per heavy atom. The van der Waals surface area contributed by atoms with Gasteiger partial charge in [-0.2, -0.15) is 0 Å². The Labute approximate surface area is 91.6 Å². The molecule has 1 aromatic rings. The molecule has 0 unspecified atom stereocenters. The summed E-state index contributed by atoms with van der Waals surface area (Å²) in [5.41, 5.74) is 4.16. The molecule has 0 bridgehead atoms. The van der Waals surface area contributed by atoms with E-state index in [0.29, 0.717) is 0 Å². The van der Waals surface area contributed by atoms with Gasteiger partial charge in [-0.05, 0) is 24.6 Å². The first-order valence-electron chi connectivity index (χ1n) is 5.45. The van der Waals surface area contributed by atoms with E-state index in [9.17, 15) is 0 Å². The van der Waals surface area contributed by atoms with E-state index in [0.717, 1.165) is 19.5 Å². The second-order valence-corrected chi connectivity index (χ2v) is 4.10. The van der Waals surface area contributed by atoms with Crippen LogP contribution in [0.3, 0.4) is 0 Å². The van der Waals surface area contributed by atoms with E-state index in [-0.39, 0.29) is 0 Å². The summed E-state index contributed by atoms with van der Waals surface area (Å²) in [7, 11) is 4.20. The maximum absolute atomic E-state index is 3.34. The van der Waals surface area contributed by atoms with E-state index >= 15 is 0 Å². The Morgan fingerprint density at radius 3 is 2.67 bits per heavy atom. The van der Waals surface area contributed by atoms with Crippen molar-refractivity contribution in [3.63, 3.8) is 0 Å². The van der Waals surface area contributed by atoms with Gasteiger partial charge >= 0.3 is 0 Å². The van der Waals surface area contributed by atoms with Crippen LogP contribution in [0.25, 0.3) is 5.57 Å². The number of hydrogen-bond donors (Lipinski definition) is 1. The van der Waals surface area contributed by atoms with Gasteiger partial charge in [0.05, 0.1) is 0 Å². The third-order valence-corrected chi connectivity index (χ3v) is 2.80. The first kappa shape index (κ1) is 10.2. The van der Waals surface area contributed by atoms with Crippen molar-refractivity contribution in [1.29, 1.82) is 0 Å². The molecule has 80 valence electrons. The molecule has 1 aliphatic heterocycles. The molecule has 1 heterocycles. The van der Waals surface area contributed by atoms with Crippen LogP contribution in [0.15, 0.2) is 30.3 Å². The summed E-state index contributed by atoms with van der Waals surface area (Å²) < 4.78 is 0. The maximum atomic E-state index is 3.34. The van der Waals surface area contributed by atoms with Gasteiger partial charge in [0.1, 0.15) is 0 Å². The average molecular weight is 202 g/mol. The average Bonchev–Trinajstić information content (AvgIpc) is 2.30. The van der Waals surface area contributed by atoms with Gasteiger partial charge in [-0.15, -0.1) is 0 Å². The Hall–Kier alpha value is -1.28. The number of benzene rings is 1. The van der Waals surface area contributed by atoms with Crippen molar-refractivity contribution in [2.45, 2.75) is 6.42 Å². The van der Waals surface area contributed by atoms with Crippen molar-refractivity contribution in [3.05, 3.63) is 35.9 Å². The zero-order valence-electron chi connectivity index (χ0n) is 9.46. The van der Waals surface area contributed by atoms with Crippen molar-refractivity contribution in [2.24, 2.45) is 0 Å². The summed E-state index contributed by atoms with van der Waals surface area (Å²) in [6, 6.07) is 8.61. The largest absolute Gasteiger partial charge is 0.377 e. The number of nitrogens with zero attached hydrogens (tertiary/aromatic N) is 1. The highest BCUT2D eigenvalue weighted by Crippen LogP contribution is 2.28. The summed E-state index contributed by atoms with van der Waals surface area (Å²) in [4.78, 5) is 2.18. The fraction of sp³-hybridized carbons (Fsp3) is 0.385. The second-order valence-electron chi connectivity index (χ2n) is 4.10. The van der Waals surface area contributed by atoms with Crippen LogP contribution in [0.1, 0.15) is 12.0 Å². The van der Waals surface area contributed by atoms with Gasteiger partial charge < -0.3 is 10.2 Å². The molecular weight excluding hydrogens is 184 g/mol. The first-order chi connectivity index (χ1) is 7.29. The van der Waals surface area contributed by atoms with Crippen LogP contribution in [-0.2, 0) is 0 Å². The standard InChI is InChI=1S/C13H18N2/c1-15(2)13-6-4-3-5-12(13)11-7-9-14-10-8-11/h3-7,14H,8-10H2,1-2H3. The van der Waals surface area contributed by atoms with Crippen LogP contribution in [0.4, 0.5) is 5.69 Å². The molecule has 0 fully saturated rings. The lowest BCUT2D eigenvalue weighted by atomic mass is 9.98. The molecule has 0 radical (unpaired) electrons. The van der Waals surface area contributed by atoms with Crippen LogP contribution >= 0.6 is 0 Å². The fourth-order valence-electron chi connectivity index (χ4n) is 2.00. The van der Waals surface area contributed by atoms with Crippen molar-refractivity contribution < 1.29 is 0 Å². The topological polar surface area (TPSA) is 15.3 Å². The molecule has 15 heavy (non-hydrogen) atoms. The first-order valence-corrected chi connectivity index (χ1v) is 5.45. The number of rotatable bonds is 2. The quantitative estimate of drug-likeness (QED) is 0.790. The van der Waals surface area contributed by atoms with E-state index in [1.807, 2.05) is 0 Å². The predicted molar refractivity (Wildman–Crippen MR) is 66.2 cm³/mol. The second kappa shape index (κ2) is 4.49. The smallest absolute Gasteiger partial charge is 0.0437 e. The SMILES string of the molecule is CN(C)c1ccccc1C1=CCNCC1. The molecule has 2 rings (SSSR count). The maximum Gasteiger partial charge on any atom is 0.0437 e. The van der Waals surface area contributed by atoms with Crippen LogP contribution in [0.5, 0.6) is 0 Å². The van der Waals surface area contributed by atoms with Crippen LogP contribution in [0, 0.1) is 0 Å². The van der Waals surface area contributed by atoms with E-state index in [1.54, 1.807) is 0 Å². The Kier molecular flexibility index (Phi) is 3.07. The number of hydrogen-bond acceptors (Lipinski definition) is 2. The summed E-state index contributed by atoms with van der Waals surface area (Å²) in [6.45, 7) is 2.09. The Balaban J connectivity index is 2.38. The van der Waals surface area contributed by atoms with Crippen molar-refractivity contribution in [2.75, 3.05) is 32.1 Å². The molecule has 0 aromatic heterocycles. The summed E-state index contributed by atoms with van der Waals surface area (Å²) in [5, 5.41) is 3.34. The molecule has 1 N–H and O–H groups in total. The van der Waals surface area contributed by atoms with E-state index in [4.69, 9.17) is 0 Å². The zero-order chi connectivity index (χ0) is 10.7. The third-order valence-electron chi connectivity index (χ3n) is 2.80. The van der Waals surface area contributed by atoms with Crippen LogP contribution in [-0.4, -0.2) is 27.2 Å². The minimum absolute atomic E-state index is 0.997. The lowest BCUT2D eigenvalue weighted by molar-refractivity contribution is 0.738. The summed E-state index contributed by atoms with van der Waals surface area (Å²) in [6.07, 6.45) is 3.43. The Morgan fingerprint density at radius 1 is 1.20 bits per heavy atom. The molecular formula is C13H18N2. The van der Waals surface area contributed by atoms with E-state index < -0.39 is 0 Å². The van der Waals surface area contributed by atoms with Gasteiger partial charge in [0.2, 0.25) is 0 Å². The van der Waals surface area contributed by atoms with Gasteiger partial charge in [-0.3, -0.25) is 0 Å². The highest BCUT2D eigenvalue weighted by molar-refractivity contribution is 5.77. The molecule has 2 nitrogen and oxygen atoms in total. The third kappa shape index (κ3) is 2.21. The lowest BCUT2D eigenvalue weighted by Crippen LogP contribution is -2.21. The number of nitrogens with one attached hydrogen (secondary N) is 1. The lowest BCUT2D eigenvalue weighted by Gasteiger charge is -2.21. The summed E-state index contributed by atoms with van der Waals surface area (Å²) >= 11 is 0. The molecule has 1 aliphatic rings. The molecule has 2 heteroatoms. The van der Waals surface area contributed by atoms with Crippen molar-refractivity contribution >= 4 is 11.3 Å². The molecule has 1 aromatic carbocycles. The number of para-hydroxylation sites is 1. The minimum atomic E-state index is 0.997. The van der Waals surface area contributed by atoms with Crippen molar-refractivity contribution in [3.8, 4) is 0 Å². The molecule has 0 amide bonds. The van der Waals surface area contributed by atoms with E-state index in [2.05, 4.69) is 54.7 Å². The highest BCUT2D eigenvalue weighted by Gasteiger charge is 2.10. The Bertz CT molecular complexity index is 367. The fourth-order valence-corrected chi connectivity index (χ4v) is 2.00. The molecule has 0 atom stereocenters. The van der Waals surface area contributed by atoms with Gasteiger partial charge in [-0.25, -0.2) is 0 Å². The van der Waals surface area contributed by atoms with Crippen molar-refractivity contribution in [1.82, 2.24) is 5.32 Å². The zero-order valence-corrected chi connectivity index (χ0v) is 9.46. The monoisotopic (exact) mass is 202 g/mol. The molecule has 0 saturated heterocycles. The van der Waals surface area contributed by atoms with Gasteiger partial charge in [-0.1, -0.05) is 24.3 Å². The molecule has 0 saturated carbocycles. The number of anilines is 1. The predicted octanol–water partition coefficient (Wildman–Crippen LogP) is 2.13. The van der Waals surface area contributed by atoms with Crippen LogP contribution < -0.4 is 10.2 Å². The minimum Gasteiger partial charge on any atom is -0.377 e. The van der Waals surface area contributed by atoms with Gasteiger partial charge in [0.15, 0.2) is 0 Å². The molecule has 0 spiro atoms. The molecule has 0 aliphatic carbocycles. The van der Waals surface area contributed by atoms with Gasteiger partial charge in [0.25, 0.3) is 0 Å². The van der Waals surface area contributed by atoms with E-state index in [1.165, 1.54) is 16.8 Å². The highest BCUT2D eigenvalue weighted by atomic mass is 15.1. The van der Waals surface area contributed by atoms with Crippen LogP contribution in [0.2, 0.25) is 0 Å². The van der Waals surface area contributed by atoms with Gasteiger partial charge in [0, 0.05) is 31.9 Å².